The van der Waals surface area contributed by atoms with E-state index in [1.54, 1.807) is 0 Å². The highest BCUT2D eigenvalue weighted by Crippen LogP contribution is 2.48. The lowest BCUT2D eigenvalue weighted by Crippen LogP contribution is -2.04. The number of furan rings is 1. The number of rotatable bonds is 8. The Kier molecular flexibility index (Phi) is 8.76. The molecule has 4 nitrogen and oxygen atoms in total. The Morgan fingerprint density at radius 2 is 1.32 bits per heavy atom. The van der Waals surface area contributed by atoms with Crippen LogP contribution in [0.25, 0.3) is 115 Å². The molecule has 5 heteroatoms. The summed E-state index contributed by atoms with van der Waals surface area (Å²) in [5, 5.41) is 6.82. The van der Waals surface area contributed by atoms with E-state index in [2.05, 4.69) is 169 Å². The number of aromatic nitrogens is 3. The first-order chi connectivity index (χ1) is 31.2. The average Bonchev–Trinajstić information content (AvgIpc) is 4.03. The van der Waals surface area contributed by atoms with E-state index in [9.17, 15) is 0 Å². The number of allylic oxidation sites excluding steroid dienone is 8. The van der Waals surface area contributed by atoms with E-state index >= 15 is 0 Å². The zero-order chi connectivity index (χ0) is 42.0. The van der Waals surface area contributed by atoms with Gasteiger partial charge in [0.05, 0.1) is 33.5 Å². The molecule has 63 heavy (non-hydrogen) atoms. The van der Waals surface area contributed by atoms with Crippen molar-refractivity contribution in [1.29, 1.82) is 0 Å². The van der Waals surface area contributed by atoms with Crippen LogP contribution in [0.3, 0.4) is 0 Å². The van der Waals surface area contributed by atoms with Crippen LogP contribution in [0.2, 0.25) is 0 Å². The molecule has 0 bridgehead atoms. The van der Waals surface area contributed by atoms with E-state index in [4.69, 9.17) is 14.4 Å². The van der Waals surface area contributed by atoms with Gasteiger partial charge in [-0.05, 0) is 84.1 Å². The molecule has 298 valence electrons. The molecule has 0 saturated carbocycles. The number of para-hydroxylation sites is 1. The summed E-state index contributed by atoms with van der Waals surface area (Å²) in [6.07, 6.45) is 14.5. The third-order valence-corrected chi connectivity index (χ3v) is 13.5. The van der Waals surface area contributed by atoms with Crippen LogP contribution in [-0.4, -0.2) is 14.5 Å². The highest BCUT2D eigenvalue weighted by molar-refractivity contribution is 7.26. The largest absolute Gasteiger partial charge is 0.455 e. The molecule has 4 heterocycles. The average molecular weight is 826 g/mol. The molecule has 0 spiro atoms. The van der Waals surface area contributed by atoms with E-state index in [0.717, 1.165) is 113 Å². The number of hydrogen-bond acceptors (Lipinski definition) is 4. The second kappa shape index (κ2) is 14.9. The molecule has 0 saturated heterocycles. The Morgan fingerprint density at radius 1 is 0.603 bits per heavy atom. The van der Waals surface area contributed by atoms with Gasteiger partial charge in [-0.15, -0.1) is 11.3 Å². The van der Waals surface area contributed by atoms with Gasteiger partial charge in [-0.3, -0.25) is 0 Å². The van der Waals surface area contributed by atoms with Gasteiger partial charge in [-0.2, -0.15) is 0 Å². The maximum Gasteiger partial charge on any atom is 0.160 e. The van der Waals surface area contributed by atoms with Crippen LogP contribution in [0, 0.1) is 0 Å². The van der Waals surface area contributed by atoms with Gasteiger partial charge >= 0.3 is 0 Å². The first-order valence-electron chi connectivity index (χ1n) is 21.4. The quantitative estimate of drug-likeness (QED) is 0.143. The molecule has 4 aromatic heterocycles. The maximum absolute atomic E-state index is 7.17. The van der Waals surface area contributed by atoms with Crippen LogP contribution in [0.15, 0.2) is 206 Å². The van der Waals surface area contributed by atoms with Crippen molar-refractivity contribution in [3.8, 4) is 39.5 Å². The summed E-state index contributed by atoms with van der Waals surface area (Å²) in [7, 11) is 0. The molecular formula is C58H39N3OS. The van der Waals surface area contributed by atoms with E-state index < -0.39 is 0 Å². The highest BCUT2D eigenvalue weighted by Gasteiger charge is 2.25. The standard InChI is InChI=1S/C58H39N3OS/c1-3-18-36(4-2)45-33-40(48-35-47(38-21-10-6-11-22-38)59-58(60-48)39-23-12-7-13-24-39)34-46(37-19-8-5-9-20-37)55(45)61-49-27-16-14-25-43(49)53-50(61)31-29-41-42-30-32-52-54(57(42)62-56(41)53)44-26-15-17-28-51(44)63-52/h3-5,7-10,12-35H,1-2,6,11H2/b36-18+. The van der Waals surface area contributed by atoms with Gasteiger partial charge in [-0.1, -0.05) is 147 Å². The highest BCUT2D eigenvalue weighted by atomic mass is 32.1. The third-order valence-electron chi connectivity index (χ3n) is 12.4. The predicted octanol–water partition coefficient (Wildman–Crippen LogP) is 16.3. The minimum absolute atomic E-state index is 0.686. The van der Waals surface area contributed by atoms with Crippen LogP contribution >= 0.6 is 11.3 Å². The predicted molar refractivity (Wildman–Crippen MR) is 268 cm³/mol. The van der Waals surface area contributed by atoms with Crippen molar-refractivity contribution in [1.82, 2.24) is 14.5 Å². The van der Waals surface area contributed by atoms with Crippen molar-refractivity contribution < 1.29 is 4.42 Å². The second-order valence-corrected chi connectivity index (χ2v) is 17.1. The molecule has 0 radical (unpaired) electrons. The van der Waals surface area contributed by atoms with Crippen LogP contribution in [0.1, 0.15) is 24.1 Å². The van der Waals surface area contributed by atoms with Gasteiger partial charge in [-0.25, -0.2) is 9.97 Å². The SMILES string of the molecule is C=C/C=C(\C=C)c1cc(-c2cc(C3=CCCC=C3)nc(-c3ccccc3)n2)cc(-c2ccccc2)c1-n1c2ccccc2c2c3oc4c(ccc5sc6ccccc6c54)c3ccc21. The fourth-order valence-corrected chi connectivity index (χ4v) is 10.6. The Balaban J connectivity index is 1.19. The minimum Gasteiger partial charge on any atom is -0.455 e. The molecule has 1 aliphatic rings. The van der Waals surface area contributed by atoms with Gasteiger partial charge in [0.1, 0.15) is 11.2 Å². The van der Waals surface area contributed by atoms with E-state index in [1.165, 1.54) is 20.2 Å². The summed E-state index contributed by atoms with van der Waals surface area (Å²) in [5.74, 6) is 0.686. The Hall–Kier alpha value is -7.86. The topological polar surface area (TPSA) is 43.9 Å². The fourth-order valence-electron chi connectivity index (χ4n) is 9.53. The van der Waals surface area contributed by atoms with Crippen LogP contribution < -0.4 is 0 Å². The summed E-state index contributed by atoms with van der Waals surface area (Å²) < 4.78 is 12.1. The molecule has 0 N–H and O–H groups in total. The van der Waals surface area contributed by atoms with Gasteiger partial charge in [0.15, 0.2) is 5.82 Å². The Bertz CT molecular complexity index is 3770. The van der Waals surface area contributed by atoms with Crippen molar-refractivity contribution in [2.24, 2.45) is 0 Å². The second-order valence-electron chi connectivity index (χ2n) is 16.0. The first kappa shape index (κ1) is 36.9. The Labute approximate surface area is 368 Å². The van der Waals surface area contributed by atoms with Gasteiger partial charge in [0.2, 0.25) is 0 Å². The summed E-state index contributed by atoms with van der Waals surface area (Å²) in [6.45, 7) is 8.52. The summed E-state index contributed by atoms with van der Waals surface area (Å²) in [4.78, 5) is 10.5. The number of thiophene rings is 1. The van der Waals surface area contributed by atoms with Crippen LogP contribution in [0.4, 0.5) is 0 Å². The normalized spacial score (nSPS) is 13.2. The molecule has 0 unspecified atom stereocenters. The fraction of sp³-hybridized carbons (Fsp3) is 0.0345. The van der Waals surface area contributed by atoms with Gasteiger partial charge < -0.3 is 8.98 Å². The van der Waals surface area contributed by atoms with Crippen LogP contribution in [0.5, 0.6) is 0 Å². The lowest BCUT2D eigenvalue weighted by Gasteiger charge is -2.21. The number of nitrogens with zero attached hydrogens (tertiary/aromatic N) is 3. The summed E-state index contributed by atoms with van der Waals surface area (Å²) in [6, 6.07) is 54.0. The van der Waals surface area contributed by atoms with E-state index in [0.29, 0.717) is 5.82 Å². The van der Waals surface area contributed by atoms with Crippen LogP contribution in [-0.2, 0) is 0 Å². The van der Waals surface area contributed by atoms with Crippen molar-refractivity contribution in [3.05, 3.63) is 213 Å². The molecule has 0 aliphatic heterocycles. The van der Waals surface area contributed by atoms with Gasteiger partial charge in [0, 0.05) is 58.6 Å². The zero-order valence-corrected chi connectivity index (χ0v) is 35.2. The molecular weight excluding hydrogens is 787 g/mol. The minimum atomic E-state index is 0.686. The molecule has 0 amide bonds. The Morgan fingerprint density at radius 3 is 2.10 bits per heavy atom. The number of fused-ring (bicyclic) bond motifs is 11. The van der Waals surface area contributed by atoms with Crippen molar-refractivity contribution in [2.45, 2.75) is 12.8 Å². The number of benzene rings is 7. The van der Waals surface area contributed by atoms with E-state index in [1.807, 2.05) is 47.8 Å². The lowest BCUT2D eigenvalue weighted by atomic mass is 9.91. The molecule has 12 rings (SSSR count). The van der Waals surface area contributed by atoms with Gasteiger partial charge in [0.25, 0.3) is 0 Å². The molecule has 11 aromatic rings. The smallest absolute Gasteiger partial charge is 0.160 e. The zero-order valence-electron chi connectivity index (χ0n) is 34.4. The monoisotopic (exact) mass is 825 g/mol. The molecule has 0 fully saturated rings. The first-order valence-corrected chi connectivity index (χ1v) is 22.2. The van der Waals surface area contributed by atoms with E-state index in [-0.39, 0.29) is 0 Å². The third kappa shape index (κ3) is 5.96. The van der Waals surface area contributed by atoms with Crippen molar-refractivity contribution in [2.75, 3.05) is 0 Å². The molecule has 0 atom stereocenters. The molecule has 7 aromatic carbocycles. The lowest BCUT2D eigenvalue weighted by molar-refractivity contribution is 0.677. The van der Waals surface area contributed by atoms with Crippen molar-refractivity contribution >= 4 is 86.4 Å². The summed E-state index contributed by atoms with van der Waals surface area (Å²) >= 11 is 1.81. The number of hydrogen-bond donors (Lipinski definition) is 0. The van der Waals surface area contributed by atoms with Crippen molar-refractivity contribution in [3.63, 3.8) is 0 Å². The molecule has 1 aliphatic carbocycles. The summed E-state index contributed by atoms with van der Waals surface area (Å²) in [5.41, 5.74) is 13.8. The maximum atomic E-state index is 7.17.